The Hall–Kier alpha value is -3.55. The van der Waals surface area contributed by atoms with E-state index in [1.807, 2.05) is 0 Å². The van der Waals surface area contributed by atoms with Crippen LogP contribution in [0.15, 0.2) is 55.0 Å². The first-order chi connectivity index (χ1) is 12.2. The third-order valence-electron chi connectivity index (χ3n) is 3.59. The molecule has 3 aromatic rings. The molecule has 0 spiro atoms. The second-order valence-electron chi connectivity index (χ2n) is 5.21. The molecule has 8 heteroatoms. The van der Waals surface area contributed by atoms with E-state index in [9.17, 15) is 14.9 Å². The van der Waals surface area contributed by atoms with Crippen molar-refractivity contribution >= 4 is 28.2 Å². The Morgan fingerprint density at radius 2 is 1.96 bits per heavy atom. The van der Waals surface area contributed by atoms with Crippen LogP contribution in [0, 0.1) is 10.1 Å². The minimum Gasteiger partial charge on any atom is -0.382 e. The SMILES string of the molecule is O=C(NCCNc1ccc([N+](=O)[O-])c2cccnc12)c1cccnc1. The van der Waals surface area contributed by atoms with Gasteiger partial charge in [-0.1, -0.05) is 0 Å². The number of aromatic nitrogens is 2. The van der Waals surface area contributed by atoms with E-state index < -0.39 is 4.92 Å². The summed E-state index contributed by atoms with van der Waals surface area (Å²) in [5.74, 6) is -0.207. The fourth-order valence-corrected chi connectivity index (χ4v) is 2.43. The molecule has 0 saturated carbocycles. The van der Waals surface area contributed by atoms with Crippen molar-refractivity contribution in [2.24, 2.45) is 0 Å². The molecule has 0 atom stereocenters. The highest BCUT2D eigenvalue weighted by molar-refractivity contribution is 5.96. The van der Waals surface area contributed by atoms with Crippen LogP contribution in [0.1, 0.15) is 10.4 Å². The lowest BCUT2D eigenvalue weighted by Gasteiger charge is -2.10. The molecule has 0 unspecified atom stereocenters. The van der Waals surface area contributed by atoms with E-state index in [1.54, 1.807) is 42.7 Å². The van der Waals surface area contributed by atoms with E-state index in [1.165, 1.54) is 12.3 Å². The number of amides is 1. The molecule has 126 valence electrons. The Labute approximate surface area is 143 Å². The first kappa shape index (κ1) is 16.3. The molecule has 2 aromatic heterocycles. The molecule has 0 bridgehead atoms. The summed E-state index contributed by atoms with van der Waals surface area (Å²) in [5, 5.41) is 17.5. The van der Waals surface area contributed by atoms with Crippen LogP contribution in [0.3, 0.4) is 0 Å². The normalized spacial score (nSPS) is 10.4. The van der Waals surface area contributed by atoms with E-state index in [4.69, 9.17) is 0 Å². The highest BCUT2D eigenvalue weighted by Crippen LogP contribution is 2.29. The minimum absolute atomic E-state index is 0.0125. The van der Waals surface area contributed by atoms with Gasteiger partial charge in [-0.05, 0) is 30.3 Å². The Bertz CT molecular complexity index is 915. The van der Waals surface area contributed by atoms with Gasteiger partial charge in [0.05, 0.1) is 21.6 Å². The van der Waals surface area contributed by atoms with E-state index >= 15 is 0 Å². The van der Waals surface area contributed by atoms with Gasteiger partial charge in [0.1, 0.15) is 5.52 Å². The van der Waals surface area contributed by atoms with Gasteiger partial charge in [-0.15, -0.1) is 0 Å². The third kappa shape index (κ3) is 3.69. The first-order valence-corrected chi connectivity index (χ1v) is 7.61. The highest BCUT2D eigenvalue weighted by atomic mass is 16.6. The largest absolute Gasteiger partial charge is 0.382 e. The maximum Gasteiger partial charge on any atom is 0.278 e. The van der Waals surface area contributed by atoms with Crippen molar-refractivity contribution < 1.29 is 9.72 Å². The number of hydrogen-bond donors (Lipinski definition) is 2. The number of benzene rings is 1. The number of nitrogens with zero attached hydrogens (tertiary/aromatic N) is 3. The number of fused-ring (bicyclic) bond motifs is 1. The standard InChI is InChI=1S/C17H15N5O3/c23-17(12-3-1-7-18-11-12)21-10-9-19-14-5-6-15(22(24)25)13-4-2-8-20-16(13)14/h1-8,11,19H,9-10H2,(H,21,23). The summed E-state index contributed by atoms with van der Waals surface area (Å²) in [6, 6.07) is 9.77. The number of nitrogens with one attached hydrogen (secondary N) is 2. The number of hydrogen-bond acceptors (Lipinski definition) is 6. The summed E-state index contributed by atoms with van der Waals surface area (Å²) < 4.78 is 0. The molecule has 0 aliphatic carbocycles. The van der Waals surface area contributed by atoms with Gasteiger partial charge in [-0.2, -0.15) is 0 Å². The Morgan fingerprint density at radius 3 is 2.72 bits per heavy atom. The van der Waals surface area contributed by atoms with Crippen LogP contribution < -0.4 is 10.6 Å². The average molecular weight is 337 g/mol. The quantitative estimate of drug-likeness (QED) is 0.406. The third-order valence-corrected chi connectivity index (χ3v) is 3.59. The summed E-state index contributed by atoms with van der Waals surface area (Å²) in [6.07, 6.45) is 4.68. The topological polar surface area (TPSA) is 110 Å². The molecule has 25 heavy (non-hydrogen) atoms. The summed E-state index contributed by atoms with van der Waals surface area (Å²) in [6.45, 7) is 0.842. The number of nitro benzene ring substituents is 1. The Morgan fingerprint density at radius 1 is 1.12 bits per heavy atom. The van der Waals surface area contributed by atoms with Gasteiger partial charge >= 0.3 is 0 Å². The van der Waals surface area contributed by atoms with Crippen molar-refractivity contribution in [1.29, 1.82) is 0 Å². The zero-order chi connectivity index (χ0) is 17.6. The molecular weight excluding hydrogens is 322 g/mol. The lowest BCUT2D eigenvalue weighted by atomic mass is 10.1. The lowest BCUT2D eigenvalue weighted by molar-refractivity contribution is -0.383. The number of carbonyl (C=O) groups excluding carboxylic acids is 1. The molecule has 0 radical (unpaired) electrons. The van der Waals surface area contributed by atoms with Gasteiger partial charge in [0.15, 0.2) is 0 Å². The van der Waals surface area contributed by atoms with Crippen LogP contribution in [0.5, 0.6) is 0 Å². The van der Waals surface area contributed by atoms with Gasteiger partial charge in [0, 0.05) is 37.7 Å². The van der Waals surface area contributed by atoms with Gasteiger partial charge < -0.3 is 10.6 Å². The maximum absolute atomic E-state index is 11.9. The van der Waals surface area contributed by atoms with Crippen molar-refractivity contribution in [2.75, 3.05) is 18.4 Å². The Balaban J connectivity index is 1.65. The molecule has 0 aliphatic rings. The average Bonchev–Trinajstić information content (AvgIpc) is 2.65. The number of pyridine rings is 2. The molecule has 2 heterocycles. The maximum atomic E-state index is 11.9. The molecular formula is C17H15N5O3. The number of rotatable bonds is 6. The van der Waals surface area contributed by atoms with Crippen LogP contribution >= 0.6 is 0 Å². The summed E-state index contributed by atoms with van der Waals surface area (Å²) >= 11 is 0. The van der Waals surface area contributed by atoms with Gasteiger partial charge in [0.25, 0.3) is 11.6 Å². The second kappa shape index (κ2) is 7.35. The minimum atomic E-state index is -0.429. The predicted octanol–water partition coefficient (Wildman–Crippen LogP) is 2.38. The van der Waals surface area contributed by atoms with E-state index in [2.05, 4.69) is 20.6 Å². The van der Waals surface area contributed by atoms with Gasteiger partial charge in [-0.25, -0.2) is 0 Å². The number of nitro groups is 1. The predicted molar refractivity (Wildman–Crippen MR) is 93.5 cm³/mol. The van der Waals surface area contributed by atoms with Crippen molar-refractivity contribution in [3.05, 3.63) is 70.7 Å². The van der Waals surface area contributed by atoms with Crippen molar-refractivity contribution in [3.8, 4) is 0 Å². The van der Waals surface area contributed by atoms with E-state index in [0.717, 1.165) is 0 Å². The second-order valence-corrected chi connectivity index (χ2v) is 5.21. The Kier molecular flexibility index (Phi) is 4.79. The monoisotopic (exact) mass is 337 g/mol. The molecule has 3 rings (SSSR count). The zero-order valence-corrected chi connectivity index (χ0v) is 13.2. The van der Waals surface area contributed by atoms with Gasteiger partial charge in [-0.3, -0.25) is 24.9 Å². The lowest BCUT2D eigenvalue weighted by Crippen LogP contribution is -2.28. The zero-order valence-electron chi connectivity index (χ0n) is 13.2. The van der Waals surface area contributed by atoms with Crippen LogP contribution in [0.4, 0.5) is 11.4 Å². The van der Waals surface area contributed by atoms with Crippen molar-refractivity contribution in [1.82, 2.24) is 15.3 Å². The van der Waals surface area contributed by atoms with Crippen molar-refractivity contribution in [2.45, 2.75) is 0 Å². The van der Waals surface area contributed by atoms with Crippen LogP contribution in [-0.4, -0.2) is 33.9 Å². The summed E-state index contributed by atoms with van der Waals surface area (Å²) in [4.78, 5) is 30.7. The molecule has 0 saturated heterocycles. The van der Waals surface area contributed by atoms with Crippen LogP contribution in [-0.2, 0) is 0 Å². The number of carbonyl (C=O) groups is 1. The summed E-state index contributed by atoms with van der Waals surface area (Å²) in [5.41, 5.74) is 1.70. The molecule has 1 aromatic carbocycles. The molecule has 1 amide bonds. The molecule has 0 aliphatic heterocycles. The summed E-state index contributed by atoms with van der Waals surface area (Å²) in [7, 11) is 0. The molecule has 8 nitrogen and oxygen atoms in total. The van der Waals surface area contributed by atoms with Crippen LogP contribution in [0.25, 0.3) is 10.9 Å². The molecule has 0 fully saturated rings. The highest BCUT2D eigenvalue weighted by Gasteiger charge is 2.14. The smallest absolute Gasteiger partial charge is 0.278 e. The fraction of sp³-hybridized carbons (Fsp3) is 0.118. The van der Waals surface area contributed by atoms with E-state index in [0.29, 0.717) is 35.2 Å². The van der Waals surface area contributed by atoms with E-state index in [-0.39, 0.29) is 11.6 Å². The first-order valence-electron chi connectivity index (χ1n) is 7.61. The number of non-ortho nitro benzene ring substituents is 1. The van der Waals surface area contributed by atoms with Crippen molar-refractivity contribution in [3.63, 3.8) is 0 Å². The fourth-order valence-electron chi connectivity index (χ4n) is 2.43. The van der Waals surface area contributed by atoms with Crippen LogP contribution in [0.2, 0.25) is 0 Å². The molecule has 2 N–H and O–H groups in total. The van der Waals surface area contributed by atoms with Gasteiger partial charge in [0.2, 0.25) is 0 Å². The number of anilines is 1.